The Labute approximate surface area is 218 Å². The molecule has 5 aliphatic rings. The van der Waals surface area contributed by atoms with E-state index in [9.17, 15) is 9.59 Å². The fraction of sp³-hybridized carbons (Fsp3) is 0.714. The maximum atomic E-state index is 12.7. The van der Waals surface area contributed by atoms with Gasteiger partial charge in [-0.1, -0.05) is 26.0 Å². The lowest BCUT2D eigenvalue weighted by Crippen LogP contribution is -2.70. The van der Waals surface area contributed by atoms with Crippen molar-refractivity contribution in [3.05, 3.63) is 29.8 Å². The van der Waals surface area contributed by atoms with Gasteiger partial charge in [-0.25, -0.2) is 9.78 Å². The summed E-state index contributed by atoms with van der Waals surface area (Å²) in [6.45, 7) is 6.66. The number of nitrogens with one attached hydrogen (secondary N) is 1. The van der Waals surface area contributed by atoms with Crippen LogP contribution in [0.3, 0.4) is 0 Å². The Kier molecular flexibility index (Phi) is 7.51. The molecular weight excluding hydrogens is 478 g/mol. The minimum atomic E-state index is -0.878. The van der Waals surface area contributed by atoms with Gasteiger partial charge in [-0.3, -0.25) is 9.59 Å². The van der Waals surface area contributed by atoms with Crippen LogP contribution in [-0.2, 0) is 40.0 Å². The van der Waals surface area contributed by atoms with Gasteiger partial charge in [-0.15, -0.1) is 0 Å². The number of hydrogen-bond acceptors (Lipinski definition) is 8. The number of methoxy groups -OCH3 is 1. The number of carbonyl (C=O) groups is 2. The Hall–Kier alpha value is -2.20. The summed E-state index contributed by atoms with van der Waals surface area (Å²) in [5.41, 5.74) is 0.401. The molecule has 37 heavy (non-hydrogen) atoms. The van der Waals surface area contributed by atoms with Crippen LogP contribution in [0.2, 0.25) is 0 Å². The lowest BCUT2D eigenvalue weighted by Gasteiger charge is -2.59. The topological polar surface area (TPSA) is 102 Å². The molecule has 8 atom stereocenters. The number of rotatable bonds is 8. The van der Waals surface area contributed by atoms with Crippen LogP contribution in [0.4, 0.5) is 0 Å². The molecule has 9 heteroatoms. The predicted molar refractivity (Wildman–Crippen MR) is 132 cm³/mol. The fourth-order valence-electron chi connectivity index (χ4n) is 6.64. The number of carbonyl (C=O) groups excluding carboxylic acids is 2. The van der Waals surface area contributed by atoms with Crippen LogP contribution < -0.4 is 10.1 Å². The fourth-order valence-corrected chi connectivity index (χ4v) is 6.64. The van der Waals surface area contributed by atoms with Gasteiger partial charge in [0.25, 0.3) is 0 Å². The van der Waals surface area contributed by atoms with E-state index in [1.54, 1.807) is 7.11 Å². The molecule has 1 aromatic carbocycles. The molecule has 4 saturated heterocycles. The summed E-state index contributed by atoms with van der Waals surface area (Å²) >= 11 is 0. The maximum Gasteiger partial charge on any atom is 0.308 e. The van der Waals surface area contributed by atoms with E-state index < -0.39 is 29.9 Å². The van der Waals surface area contributed by atoms with Crippen molar-refractivity contribution in [3.8, 4) is 5.75 Å². The van der Waals surface area contributed by atoms with E-state index in [0.717, 1.165) is 37.0 Å². The largest absolute Gasteiger partial charge is 0.497 e. The zero-order chi connectivity index (χ0) is 26.2. The average Bonchev–Trinajstić information content (AvgIpc) is 3.12. The summed E-state index contributed by atoms with van der Waals surface area (Å²) in [5, 5.41) is 2.87. The molecule has 204 valence electrons. The molecule has 1 N–H and O–H groups in total. The van der Waals surface area contributed by atoms with Crippen LogP contribution >= 0.6 is 0 Å². The molecular formula is C28H39NO8. The van der Waals surface area contributed by atoms with E-state index in [0.29, 0.717) is 18.9 Å². The normalized spacial score (nSPS) is 38.3. The van der Waals surface area contributed by atoms with Gasteiger partial charge >= 0.3 is 5.97 Å². The van der Waals surface area contributed by atoms with Crippen LogP contribution in [0.1, 0.15) is 64.9 Å². The third-order valence-corrected chi connectivity index (χ3v) is 8.80. The molecule has 1 amide bonds. The monoisotopic (exact) mass is 517 g/mol. The van der Waals surface area contributed by atoms with Gasteiger partial charge < -0.3 is 24.3 Å². The van der Waals surface area contributed by atoms with Crippen molar-refractivity contribution in [1.82, 2.24) is 5.32 Å². The van der Waals surface area contributed by atoms with Gasteiger partial charge in [0.05, 0.1) is 13.5 Å². The van der Waals surface area contributed by atoms with Crippen molar-refractivity contribution in [2.75, 3.05) is 13.7 Å². The van der Waals surface area contributed by atoms with E-state index in [1.165, 1.54) is 0 Å². The van der Waals surface area contributed by atoms with Crippen molar-refractivity contribution in [1.29, 1.82) is 0 Å². The predicted octanol–water partition coefficient (Wildman–Crippen LogP) is 3.89. The third kappa shape index (κ3) is 5.11. The van der Waals surface area contributed by atoms with E-state index in [2.05, 4.69) is 12.2 Å². The molecule has 1 spiro atoms. The third-order valence-electron chi connectivity index (χ3n) is 8.80. The lowest BCUT2D eigenvalue weighted by atomic mass is 9.58. The summed E-state index contributed by atoms with van der Waals surface area (Å²) < 4.78 is 23.5. The zero-order valence-electron chi connectivity index (χ0n) is 22.2. The maximum absolute atomic E-state index is 12.7. The highest BCUT2D eigenvalue weighted by Crippen LogP contribution is 2.60. The van der Waals surface area contributed by atoms with Crippen molar-refractivity contribution >= 4 is 11.9 Å². The van der Waals surface area contributed by atoms with E-state index in [4.69, 9.17) is 28.7 Å². The van der Waals surface area contributed by atoms with Crippen molar-refractivity contribution in [2.24, 2.45) is 23.7 Å². The van der Waals surface area contributed by atoms with Crippen molar-refractivity contribution < 1.29 is 38.3 Å². The molecule has 4 heterocycles. The zero-order valence-corrected chi connectivity index (χ0v) is 22.2. The van der Waals surface area contributed by atoms with Crippen molar-refractivity contribution in [3.63, 3.8) is 0 Å². The molecule has 6 rings (SSSR count). The summed E-state index contributed by atoms with van der Waals surface area (Å²) in [6, 6.07) is 7.72. The molecule has 1 saturated carbocycles. The highest BCUT2D eigenvalue weighted by molar-refractivity contribution is 5.81. The Morgan fingerprint density at radius 3 is 2.59 bits per heavy atom. The molecule has 1 aromatic rings. The molecule has 2 bridgehead atoms. The van der Waals surface area contributed by atoms with Crippen LogP contribution in [0.5, 0.6) is 5.75 Å². The number of benzene rings is 1. The van der Waals surface area contributed by atoms with Crippen LogP contribution in [0, 0.1) is 23.7 Å². The van der Waals surface area contributed by atoms with Crippen molar-refractivity contribution in [2.45, 2.75) is 89.7 Å². The summed E-state index contributed by atoms with van der Waals surface area (Å²) in [4.78, 5) is 36.9. The molecule has 5 fully saturated rings. The molecule has 4 aliphatic heterocycles. The van der Waals surface area contributed by atoms with Gasteiger partial charge in [0, 0.05) is 31.2 Å². The molecule has 9 nitrogen and oxygen atoms in total. The SMILES string of the molecule is COc1ccc(CCNC(=O)CCC(=O)O[C@@H]2O[C@@H]3OC4(C)CC[C@H]5[C@H](C)CC[C@@H]([C@H]2C)C35OO4)cc1. The Morgan fingerprint density at radius 1 is 1.05 bits per heavy atom. The minimum absolute atomic E-state index is 0.0146. The van der Waals surface area contributed by atoms with Crippen LogP contribution in [0.25, 0.3) is 0 Å². The lowest BCUT2D eigenvalue weighted by molar-refractivity contribution is -0.576. The first-order chi connectivity index (χ1) is 17.7. The summed E-state index contributed by atoms with van der Waals surface area (Å²) in [5.74, 6) is -0.0294. The Balaban J connectivity index is 1.13. The number of amides is 1. The molecule has 2 unspecified atom stereocenters. The first-order valence-corrected chi connectivity index (χ1v) is 13.5. The van der Waals surface area contributed by atoms with E-state index >= 15 is 0 Å². The number of ether oxygens (including phenoxy) is 4. The van der Waals surface area contributed by atoms with Crippen LogP contribution in [-0.4, -0.2) is 49.5 Å². The second kappa shape index (κ2) is 10.5. The molecule has 0 aromatic heterocycles. The summed E-state index contributed by atoms with van der Waals surface area (Å²) in [7, 11) is 1.63. The van der Waals surface area contributed by atoms with Gasteiger partial charge in [-0.05, 0) is 62.1 Å². The second-order valence-corrected chi connectivity index (χ2v) is 11.2. The highest BCUT2D eigenvalue weighted by atomic mass is 17.3. The van der Waals surface area contributed by atoms with E-state index in [1.807, 2.05) is 38.1 Å². The quantitative estimate of drug-likeness (QED) is 0.410. The second-order valence-electron chi connectivity index (χ2n) is 11.2. The standard InChI is InChI=1S/C28H39NO8/c1-17-5-10-22-18(2)25(34-26-28(22)21(17)13-15-27(3,35-26)36-37-28)33-24(31)12-11-23(30)29-16-14-19-6-8-20(32-4)9-7-19/h6-9,17-18,21-22,25-26H,5,10-16H2,1-4H3,(H,29,30)/t17-,18-,21+,22+,25-,26-,27?,28?/m1/s1. The Bertz CT molecular complexity index is 985. The Morgan fingerprint density at radius 2 is 1.84 bits per heavy atom. The van der Waals surface area contributed by atoms with E-state index in [-0.39, 0.29) is 36.5 Å². The van der Waals surface area contributed by atoms with Gasteiger partial charge in [0.15, 0.2) is 11.9 Å². The summed E-state index contributed by atoms with van der Waals surface area (Å²) in [6.07, 6.45) is 2.99. The van der Waals surface area contributed by atoms with Gasteiger partial charge in [-0.2, -0.15) is 0 Å². The minimum Gasteiger partial charge on any atom is -0.497 e. The first-order valence-electron chi connectivity index (χ1n) is 13.5. The first kappa shape index (κ1) is 26.4. The highest BCUT2D eigenvalue weighted by Gasteiger charge is 2.69. The smallest absolute Gasteiger partial charge is 0.308 e. The molecule has 1 aliphatic carbocycles. The van der Waals surface area contributed by atoms with Crippen LogP contribution in [0.15, 0.2) is 24.3 Å². The number of esters is 1. The molecule has 0 radical (unpaired) electrons. The van der Waals surface area contributed by atoms with Gasteiger partial charge in [0.2, 0.25) is 18.0 Å². The number of hydrogen-bond donors (Lipinski definition) is 1. The van der Waals surface area contributed by atoms with Gasteiger partial charge in [0.1, 0.15) is 5.75 Å². The average molecular weight is 518 g/mol. The number of fused-ring (bicyclic) bond motifs is 2.